The maximum Gasteiger partial charge on any atom is 0.350 e. The minimum absolute atomic E-state index is 0.259. The standard InChI is InChI=1S/C20H16ClNO3S/c1-2-25-20(24)18-16(12-17(26-18)13-8-4-3-5-9-13)22-19(23)14-10-6-7-11-15(14)21/h3-12H,2H2,1H3,(H,22,23). The Morgan fingerprint density at radius 3 is 2.46 bits per heavy atom. The first kappa shape index (κ1) is 18.2. The van der Waals surface area contributed by atoms with Crippen molar-refractivity contribution in [3.8, 4) is 10.4 Å². The molecular formula is C20H16ClNO3S. The van der Waals surface area contributed by atoms with Gasteiger partial charge in [0.05, 0.1) is 22.9 Å². The van der Waals surface area contributed by atoms with Crippen molar-refractivity contribution in [1.82, 2.24) is 0 Å². The molecule has 0 aliphatic carbocycles. The molecule has 0 atom stereocenters. The van der Waals surface area contributed by atoms with Gasteiger partial charge in [-0.25, -0.2) is 4.79 Å². The highest BCUT2D eigenvalue weighted by Crippen LogP contribution is 2.35. The Morgan fingerprint density at radius 2 is 1.77 bits per heavy atom. The Bertz CT molecular complexity index is 937. The molecule has 4 nitrogen and oxygen atoms in total. The number of nitrogens with one attached hydrogen (secondary N) is 1. The summed E-state index contributed by atoms with van der Waals surface area (Å²) in [5.41, 5.74) is 1.72. The molecule has 0 saturated carbocycles. The zero-order valence-corrected chi connectivity index (χ0v) is 15.6. The van der Waals surface area contributed by atoms with Crippen LogP contribution in [-0.4, -0.2) is 18.5 Å². The third kappa shape index (κ3) is 3.95. The molecule has 1 aromatic heterocycles. The lowest BCUT2D eigenvalue weighted by Crippen LogP contribution is -2.14. The first-order valence-electron chi connectivity index (χ1n) is 8.02. The second kappa shape index (κ2) is 8.17. The summed E-state index contributed by atoms with van der Waals surface area (Å²) in [6, 6.07) is 18.2. The van der Waals surface area contributed by atoms with Gasteiger partial charge in [0.1, 0.15) is 4.88 Å². The van der Waals surface area contributed by atoms with Crippen molar-refractivity contribution in [2.75, 3.05) is 11.9 Å². The van der Waals surface area contributed by atoms with Crippen LogP contribution in [0.3, 0.4) is 0 Å². The molecule has 0 aliphatic rings. The molecule has 1 amide bonds. The van der Waals surface area contributed by atoms with Gasteiger partial charge >= 0.3 is 5.97 Å². The van der Waals surface area contributed by atoms with Gasteiger partial charge in [0.25, 0.3) is 5.91 Å². The molecule has 0 bridgehead atoms. The number of esters is 1. The van der Waals surface area contributed by atoms with Gasteiger partial charge in [-0.15, -0.1) is 11.3 Å². The van der Waals surface area contributed by atoms with E-state index >= 15 is 0 Å². The molecule has 26 heavy (non-hydrogen) atoms. The number of halogens is 1. The molecule has 3 rings (SSSR count). The summed E-state index contributed by atoms with van der Waals surface area (Å²) in [4.78, 5) is 26.1. The van der Waals surface area contributed by atoms with Gasteiger partial charge < -0.3 is 10.1 Å². The summed E-state index contributed by atoms with van der Waals surface area (Å²) in [6.45, 7) is 2.00. The van der Waals surface area contributed by atoms with Crippen LogP contribution < -0.4 is 5.32 Å². The van der Waals surface area contributed by atoms with Gasteiger partial charge in [0.15, 0.2) is 0 Å². The van der Waals surface area contributed by atoms with Crippen LogP contribution in [0.2, 0.25) is 5.02 Å². The number of rotatable bonds is 5. The number of thiophene rings is 1. The largest absolute Gasteiger partial charge is 0.462 e. The molecule has 6 heteroatoms. The van der Waals surface area contributed by atoms with Gasteiger partial charge in [-0.2, -0.15) is 0 Å². The summed E-state index contributed by atoms with van der Waals surface area (Å²) in [7, 11) is 0. The number of hydrogen-bond donors (Lipinski definition) is 1. The minimum Gasteiger partial charge on any atom is -0.462 e. The monoisotopic (exact) mass is 385 g/mol. The number of hydrogen-bond acceptors (Lipinski definition) is 4. The number of ether oxygens (including phenoxy) is 1. The molecular weight excluding hydrogens is 370 g/mol. The third-order valence-electron chi connectivity index (χ3n) is 3.62. The van der Waals surface area contributed by atoms with E-state index in [1.807, 2.05) is 30.3 Å². The molecule has 0 saturated heterocycles. The Kier molecular flexibility index (Phi) is 5.71. The SMILES string of the molecule is CCOC(=O)c1sc(-c2ccccc2)cc1NC(=O)c1ccccc1Cl. The fourth-order valence-electron chi connectivity index (χ4n) is 2.41. The Morgan fingerprint density at radius 1 is 1.08 bits per heavy atom. The van der Waals surface area contributed by atoms with Crippen molar-refractivity contribution in [1.29, 1.82) is 0 Å². The van der Waals surface area contributed by atoms with E-state index in [0.717, 1.165) is 10.4 Å². The summed E-state index contributed by atoms with van der Waals surface area (Å²) in [5.74, 6) is -0.840. The van der Waals surface area contributed by atoms with E-state index in [1.54, 1.807) is 37.3 Å². The first-order chi connectivity index (χ1) is 12.6. The Labute approximate surface area is 160 Å². The van der Waals surface area contributed by atoms with Crippen LogP contribution in [0.25, 0.3) is 10.4 Å². The molecule has 1 heterocycles. The van der Waals surface area contributed by atoms with E-state index in [4.69, 9.17) is 16.3 Å². The van der Waals surface area contributed by atoms with Gasteiger partial charge in [-0.1, -0.05) is 54.1 Å². The van der Waals surface area contributed by atoms with Gasteiger partial charge in [0.2, 0.25) is 0 Å². The molecule has 1 N–H and O–H groups in total. The maximum atomic E-state index is 12.6. The normalized spacial score (nSPS) is 10.4. The molecule has 0 aliphatic heterocycles. The predicted molar refractivity (Wildman–Crippen MR) is 105 cm³/mol. The van der Waals surface area contributed by atoms with Crippen LogP contribution in [0.15, 0.2) is 60.7 Å². The molecule has 3 aromatic rings. The van der Waals surface area contributed by atoms with E-state index in [1.165, 1.54) is 11.3 Å². The fraction of sp³-hybridized carbons (Fsp3) is 0.100. The number of carbonyl (C=O) groups is 2. The lowest BCUT2D eigenvalue weighted by atomic mass is 10.1. The van der Waals surface area contributed by atoms with Crippen LogP contribution in [0.4, 0.5) is 5.69 Å². The van der Waals surface area contributed by atoms with Crippen molar-refractivity contribution in [3.63, 3.8) is 0 Å². The van der Waals surface area contributed by atoms with Crippen LogP contribution in [0, 0.1) is 0 Å². The summed E-state index contributed by atoms with van der Waals surface area (Å²) >= 11 is 7.37. The fourth-order valence-corrected chi connectivity index (χ4v) is 3.65. The van der Waals surface area contributed by atoms with Crippen molar-refractivity contribution in [2.45, 2.75) is 6.92 Å². The third-order valence-corrected chi connectivity index (χ3v) is 5.11. The van der Waals surface area contributed by atoms with E-state index < -0.39 is 5.97 Å². The number of anilines is 1. The molecule has 0 unspecified atom stereocenters. The predicted octanol–water partition coefficient (Wildman–Crippen LogP) is 5.50. The van der Waals surface area contributed by atoms with Gasteiger partial charge in [0, 0.05) is 4.88 Å². The molecule has 2 aromatic carbocycles. The van der Waals surface area contributed by atoms with Crippen molar-refractivity contribution >= 4 is 40.5 Å². The molecule has 0 fully saturated rings. The van der Waals surface area contributed by atoms with Crippen LogP contribution in [0.1, 0.15) is 27.0 Å². The maximum absolute atomic E-state index is 12.6. The minimum atomic E-state index is -0.464. The van der Waals surface area contributed by atoms with E-state index in [9.17, 15) is 9.59 Å². The van der Waals surface area contributed by atoms with Crippen molar-refractivity contribution in [3.05, 3.63) is 76.1 Å². The average molecular weight is 386 g/mol. The highest BCUT2D eigenvalue weighted by Gasteiger charge is 2.21. The number of amides is 1. The Hall–Kier alpha value is -2.63. The highest BCUT2D eigenvalue weighted by atomic mass is 35.5. The van der Waals surface area contributed by atoms with Crippen LogP contribution in [0.5, 0.6) is 0 Å². The number of carbonyl (C=O) groups excluding carboxylic acids is 2. The second-order valence-electron chi connectivity index (χ2n) is 5.37. The molecule has 0 spiro atoms. The van der Waals surface area contributed by atoms with Crippen LogP contribution in [-0.2, 0) is 4.74 Å². The highest BCUT2D eigenvalue weighted by molar-refractivity contribution is 7.18. The Balaban J connectivity index is 1.96. The van der Waals surface area contributed by atoms with E-state index in [-0.39, 0.29) is 12.5 Å². The zero-order valence-electron chi connectivity index (χ0n) is 14.0. The zero-order chi connectivity index (χ0) is 18.5. The van der Waals surface area contributed by atoms with E-state index in [2.05, 4.69) is 5.32 Å². The topological polar surface area (TPSA) is 55.4 Å². The average Bonchev–Trinajstić information content (AvgIpc) is 3.07. The number of benzene rings is 2. The van der Waals surface area contributed by atoms with Crippen LogP contribution >= 0.6 is 22.9 Å². The van der Waals surface area contributed by atoms with E-state index in [0.29, 0.717) is 21.2 Å². The quantitative estimate of drug-likeness (QED) is 0.590. The van der Waals surface area contributed by atoms with Gasteiger partial charge in [-0.3, -0.25) is 4.79 Å². The summed E-state index contributed by atoms with van der Waals surface area (Å²) in [5, 5.41) is 3.13. The second-order valence-corrected chi connectivity index (χ2v) is 6.83. The van der Waals surface area contributed by atoms with Gasteiger partial charge in [-0.05, 0) is 30.7 Å². The molecule has 0 radical (unpaired) electrons. The van der Waals surface area contributed by atoms with Crippen molar-refractivity contribution < 1.29 is 14.3 Å². The molecule has 132 valence electrons. The lowest BCUT2D eigenvalue weighted by molar-refractivity contribution is 0.0533. The lowest BCUT2D eigenvalue weighted by Gasteiger charge is -2.07. The smallest absolute Gasteiger partial charge is 0.350 e. The van der Waals surface area contributed by atoms with Crippen molar-refractivity contribution in [2.24, 2.45) is 0 Å². The summed E-state index contributed by atoms with van der Waals surface area (Å²) < 4.78 is 5.12. The summed E-state index contributed by atoms with van der Waals surface area (Å²) in [6.07, 6.45) is 0. The first-order valence-corrected chi connectivity index (χ1v) is 9.22.